The van der Waals surface area contributed by atoms with Crippen LogP contribution in [0.1, 0.15) is 24.2 Å². The number of rotatable bonds is 3. The predicted octanol–water partition coefficient (Wildman–Crippen LogP) is 3.60. The van der Waals surface area contributed by atoms with Crippen LogP contribution in [0.3, 0.4) is 0 Å². The fourth-order valence-corrected chi connectivity index (χ4v) is 2.71. The number of hydrogen-bond acceptors (Lipinski definition) is 4. The maximum absolute atomic E-state index is 11.7. The van der Waals surface area contributed by atoms with Crippen molar-refractivity contribution < 1.29 is 17.9 Å². The first-order valence-electron chi connectivity index (χ1n) is 4.77. The van der Waals surface area contributed by atoms with Gasteiger partial charge in [-0.1, -0.05) is 11.6 Å². The van der Waals surface area contributed by atoms with Gasteiger partial charge in [-0.3, -0.25) is 0 Å². The molecule has 0 heterocycles. The summed E-state index contributed by atoms with van der Waals surface area (Å²) in [5, 5.41) is 0.0738. The van der Waals surface area contributed by atoms with Crippen LogP contribution in [-0.4, -0.2) is 20.5 Å². The fraction of sp³-hybridized carbons (Fsp3) is 0.300. The van der Waals surface area contributed by atoms with Gasteiger partial charge in [0, 0.05) is 15.2 Å². The van der Waals surface area contributed by atoms with Crippen molar-refractivity contribution in [2.75, 3.05) is 0 Å². The first kappa shape index (κ1) is 15.8. The summed E-state index contributed by atoms with van der Waals surface area (Å²) in [4.78, 5) is 11.5. The van der Waals surface area contributed by atoms with E-state index in [4.69, 9.17) is 27.0 Å². The van der Waals surface area contributed by atoms with Crippen molar-refractivity contribution >= 4 is 53.2 Å². The molecule has 0 radical (unpaired) electrons. The van der Waals surface area contributed by atoms with Crippen molar-refractivity contribution in [1.29, 1.82) is 0 Å². The van der Waals surface area contributed by atoms with Crippen LogP contribution in [0.5, 0.6) is 0 Å². The van der Waals surface area contributed by atoms with Crippen LogP contribution in [0.2, 0.25) is 5.02 Å². The number of hydrogen-bond donors (Lipinski definition) is 0. The zero-order chi connectivity index (χ0) is 14.1. The van der Waals surface area contributed by atoms with Gasteiger partial charge in [0.2, 0.25) is 0 Å². The third-order valence-electron chi connectivity index (χ3n) is 1.85. The van der Waals surface area contributed by atoms with E-state index in [-0.39, 0.29) is 26.1 Å². The molecule has 4 nitrogen and oxygen atoms in total. The zero-order valence-electron chi connectivity index (χ0n) is 9.41. The highest BCUT2D eigenvalue weighted by molar-refractivity contribution is 9.10. The molecule has 0 aliphatic carbocycles. The standard InChI is InChI=1S/C10H9BrCl2O4S/c1-5(2)17-10(14)7-3-6(18(13,15)16)4-8(11)9(7)12/h3-5H,1-2H3. The maximum atomic E-state index is 11.7. The highest BCUT2D eigenvalue weighted by Gasteiger charge is 2.21. The van der Waals surface area contributed by atoms with Crippen molar-refractivity contribution in [3.05, 3.63) is 27.2 Å². The van der Waals surface area contributed by atoms with Gasteiger partial charge in [0.25, 0.3) is 9.05 Å². The van der Waals surface area contributed by atoms with Gasteiger partial charge >= 0.3 is 5.97 Å². The van der Waals surface area contributed by atoms with E-state index in [1.807, 2.05) is 0 Å². The monoisotopic (exact) mass is 374 g/mol. The maximum Gasteiger partial charge on any atom is 0.339 e. The van der Waals surface area contributed by atoms with E-state index in [1.165, 1.54) is 6.07 Å². The van der Waals surface area contributed by atoms with Gasteiger partial charge < -0.3 is 4.74 Å². The summed E-state index contributed by atoms with van der Waals surface area (Å²) >= 11 is 8.97. The lowest BCUT2D eigenvalue weighted by molar-refractivity contribution is 0.0378. The van der Waals surface area contributed by atoms with Crippen LogP contribution in [0, 0.1) is 0 Å². The van der Waals surface area contributed by atoms with E-state index in [1.54, 1.807) is 13.8 Å². The van der Waals surface area contributed by atoms with Crippen molar-refractivity contribution in [3.63, 3.8) is 0 Å². The quantitative estimate of drug-likeness (QED) is 0.598. The van der Waals surface area contributed by atoms with Gasteiger partial charge in [-0.2, -0.15) is 0 Å². The smallest absolute Gasteiger partial charge is 0.339 e. The van der Waals surface area contributed by atoms with Gasteiger partial charge in [-0.15, -0.1) is 0 Å². The molecule has 100 valence electrons. The molecule has 0 fully saturated rings. The Bertz CT molecular complexity index is 584. The molecule has 0 bridgehead atoms. The van der Waals surface area contributed by atoms with Gasteiger partial charge in [-0.05, 0) is 41.9 Å². The second kappa shape index (κ2) is 5.77. The van der Waals surface area contributed by atoms with E-state index in [0.717, 1.165) is 6.07 Å². The molecule has 1 aromatic rings. The molecular weight excluding hydrogens is 367 g/mol. The van der Waals surface area contributed by atoms with Gasteiger partial charge in [-0.25, -0.2) is 13.2 Å². The Morgan fingerprint density at radius 1 is 1.39 bits per heavy atom. The number of benzene rings is 1. The topological polar surface area (TPSA) is 60.4 Å². The second-order valence-electron chi connectivity index (χ2n) is 3.66. The minimum Gasteiger partial charge on any atom is -0.459 e. The molecule has 0 unspecified atom stereocenters. The molecular formula is C10H9BrCl2O4S. The van der Waals surface area contributed by atoms with Gasteiger partial charge in [0.15, 0.2) is 0 Å². The third kappa shape index (κ3) is 3.85. The van der Waals surface area contributed by atoms with Crippen molar-refractivity contribution in [1.82, 2.24) is 0 Å². The number of halogens is 3. The highest BCUT2D eigenvalue weighted by atomic mass is 79.9. The second-order valence-corrected chi connectivity index (χ2v) is 7.46. The van der Waals surface area contributed by atoms with Crippen LogP contribution in [0.4, 0.5) is 0 Å². The van der Waals surface area contributed by atoms with E-state index in [2.05, 4.69) is 15.9 Å². The van der Waals surface area contributed by atoms with Crippen LogP contribution in [0.15, 0.2) is 21.5 Å². The Labute approximate surface area is 123 Å². The van der Waals surface area contributed by atoms with E-state index < -0.39 is 15.0 Å². The summed E-state index contributed by atoms with van der Waals surface area (Å²) in [6.45, 7) is 3.34. The molecule has 0 aromatic heterocycles. The minimum atomic E-state index is -3.95. The Morgan fingerprint density at radius 2 is 1.94 bits per heavy atom. The van der Waals surface area contributed by atoms with Gasteiger partial charge in [0.05, 0.1) is 21.6 Å². The van der Waals surface area contributed by atoms with Crippen molar-refractivity contribution in [3.8, 4) is 0 Å². The molecule has 0 aliphatic rings. The first-order valence-corrected chi connectivity index (χ1v) is 8.25. The van der Waals surface area contributed by atoms with Crippen LogP contribution in [-0.2, 0) is 13.8 Å². The largest absolute Gasteiger partial charge is 0.459 e. The molecule has 0 aliphatic heterocycles. The summed E-state index contributed by atoms with van der Waals surface area (Å²) in [5.41, 5.74) is -0.0565. The summed E-state index contributed by atoms with van der Waals surface area (Å²) in [5.74, 6) is -0.710. The normalized spacial score (nSPS) is 11.7. The summed E-state index contributed by atoms with van der Waals surface area (Å²) < 4.78 is 27.7. The van der Waals surface area contributed by atoms with E-state index >= 15 is 0 Å². The number of carbonyl (C=O) groups excluding carboxylic acids is 1. The first-order chi connectivity index (χ1) is 8.12. The lowest BCUT2D eigenvalue weighted by atomic mass is 10.2. The average Bonchev–Trinajstić information content (AvgIpc) is 2.18. The van der Waals surface area contributed by atoms with E-state index in [9.17, 15) is 13.2 Å². The van der Waals surface area contributed by atoms with Crippen molar-refractivity contribution in [2.45, 2.75) is 24.8 Å². The van der Waals surface area contributed by atoms with Crippen LogP contribution < -0.4 is 0 Å². The highest BCUT2D eigenvalue weighted by Crippen LogP contribution is 2.31. The fourth-order valence-electron chi connectivity index (χ4n) is 1.13. The minimum absolute atomic E-state index is 0.0565. The molecule has 0 amide bonds. The third-order valence-corrected chi connectivity index (χ3v) is 4.44. The molecule has 0 spiro atoms. The Balaban J connectivity index is 3.36. The molecule has 0 saturated carbocycles. The zero-order valence-corrected chi connectivity index (χ0v) is 13.3. The molecule has 1 rings (SSSR count). The summed E-state index contributed by atoms with van der Waals surface area (Å²) in [6, 6.07) is 2.30. The van der Waals surface area contributed by atoms with Crippen molar-refractivity contribution in [2.24, 2.45) is 0 Å². The Morgan fingerprint density at radius 3 is 2.39 bits per heavy atom. The lowest BCUT2D eigenvalue weighted by Crippen LogP contribution is -2.12. The Kier molecular flexibility index (Phi) is 5.05. The summed E-state index contributed by atoms with van der Waals surface area (Å²) in [6.07, 6.45) is -0.344. The Hall–Kier alpha value is -0.300. The SMILES string of the molecule is CC(C)OC(=O)c1cc(S(=O)(=O)Cl)cc(Br)c1Cl. The molecule has 1 aromatic carbocycles. The average molecular weight is 376 g/mol. The molecule has 8 heteroatoms. The number of carbonyl (C=O) groups is 1. The molecule has 0 atom stereocenters. The predicted molar refractivity (Wildman–Crippen MR) is 72.7 cm³/mol. The van der Waals surface area contributed by atoms with Crippen LogP contribution >= 0.6 is 38.2 Å². The molecule has 0 saturated heterocycles. The number of ether oxygens (including phenoxy) is 1. The van der Waals surface area contributed by atoms with E-state index in [0.29, 0.717) is 0 Å². The van der Waals surface area contributed by atoms with Crippen LogP contribution in [0.25, 0.3) is 0 Å². The van der Waals surface area contributed by atoms with Gasteiger partial charge in [0.1, 0.15) is 0 Å². The lowest BCUT2D eigenvalue weighted by Gasteiger charge is -2.10. The molecule has 0 N–H and O–H groups in total. The summed E-state index contributed by atoms with van der Waals surface area (Å²) in [7, 11) is 1.27. The number of esters is 1. The molecule has 18 heavy (non-hydrogen) atoms.